The second kappa shape index (κ2) is 10.1. The zero-order valence-corrected chi connectivity index (χ0v) is 17.5. The highest BCUT2D eigenvalue weighted by molar-refractivity contribution is 8.13. The van der Waals surface area contributed by atoms with Crippen LogP contribution in [0, 0.1) is 0 Å². The number of carbonyl (C=O) groups excluding carboxylic acids is 1. The molecule has 1 aliphatic rings. The Hall–Kier alpha value is -2.87. The molecule has 2 aromatic rings. The maximum absolute atomic E-state index is 12.9. The Morgan fingerprint density at radius 2 is 1.79 bits per heavy atom. The normalized spacial score (nSPS) is 15.1. The molecule has 0 unspecified atom stereocenters. The number of amidine groups is 1. The monoisotopic (exact) mass is 416 g/mol. The van der Waals surface area contributed by atoms with E-state index >= 15 is 0 Å². The number of hydrogen-bond donors (Lipinski definition) is 0. The summed E-state index contributed by atoms with van der Waals surface area (Å²) in [4.78, 5) is 19.2. The summed E-state index contributed by atoms with van der Waals surface area (Å²) in [5.41, 5.74) is 0.611. The van der Waals surface area contributed by atoms with Crippen LogP contribution in [0.2, 0.25) is 0 Å². The average molecular weight is 416 g/mol. The first-order valence-electron chi connectivity index (χ1n) is 9.16. The van der Waals surface area contributed by atoms with Crippen molar-refractivity contribution >= 4 is 28.5 Å². The fourth-order valence-electron chi connectivity index (χ4n) is 2.83. The topological polar surface area (TPSA) is 69.6 Å². The third kappa shape index (κ3) is 5.14. The smallest absolute Gasteiger partial charge is 0.266 e. The van der Waals surface area contributed by atoms with Gasteiger partial charge in [-0.05, 0) is 30.7 Å². The summed E-state index contributed by atoms with van der Waals surface area (Å²) in [6, 6.07) is 12.6. The molecule has 2 aromatic carbocycles. The number of nitrogens with zero attached hydrogens (tertiary/aromatic N) is 2. The predicted octanol–water partition coefficient (Wildman–Crippen LogP) is 3.74. The predicted molar refractivity (Wildman–Crippen MR) is 114 cm³/mol. The van der Waals surface area contributed by atoms with Crippen LogP contribution in [-0.4, -0.2) is 56.2 Å². The lowest BCUT2D eigenvalue weighted by atomic mass is 10.3. The van der Waals surface area contributed by atoms with Crippen molar-refractivity contribution in [1.82, 2.24) is 4.90 Å². The van der Waals surface area contributed by atoms with Crippen LogP contribution < -0.4 is 18.9 Å². The summed E-state index contributed by atoms with van der Waals surface area (Å²) in [6.45, 7) is 0.488. The van der Waals surface area contributed by atoms with Gasteiger partial charge in [-0.2, -0.15) is 0 Å². The highest BCUT2D eigenvalue weighted by atomic mass is 32.2. The lowest BCUT2D eigenvalue weighted by Gasteiger charge is -2.28. The Morgan fingerprint density at radius 3 is 2.52 bits per heavy atom. The number of para-hydroxylation sites is 2. The van der Waals surface area contributed by atoms with Gasteiger partial charge in [0.2, 0.25) is 0 Å². The number of ether oxygens (including phenoxy) is 4. The van der Waals surface area contributed by atoms with Crippen LogP contribution >= 0.6 is 11.8 Å². The molecule has 3 rings (SSSR count). The molecule has 0 aromatic heterocycles. The first-order chi connectivity index (χ1) is 14.2. The highest BCUT2D eigenvalue weighted by Gasteiger charge is 2.25. The van der Waals surface area contributed by atoms with Gasteiger partial charge in [0.15, 0.2) is 23.3 Å². The van der Waals surface area contributed by atoms with Crippen molar-refractivity contribution in [2.24, 2.45) is 4.99 Å². The third-order valence-electron chi connectivity index (χ3n) is 4.31. The minimum Gasteiger partial charge on any atom is -0.497 e. The Balaban J connectivity index is 1.79. The van der Waals surface area contributed by atoms with Crippen molar-refractivity contribution in [3.63, 3.8) is 0 Å². The van der Waals surface area contributed by atoms with Gasteiger partial charge in [0.1, 0.15) is 17.2 Å². The Morgan fingerprint density at radius 1 is 1.03 bits per heavy atom. The molecule has 29 heavy (non-hydrogen) atoms. The van der Waals surface area contributed by atoms with Gasteiger partial charge in [0.05, 0.1) is 21.3 Å². The van der Waals surface area contributed by atoms with Gasteiger partial charge < -0.3 is 18.9 Å². The van der Waals surface area contributed by atoms with Crippen molar-refractivity contribution in [3.05, 3.63) is 42.5 Å². The fourth-order valence-corrected chi connectivity index (χ4v) is 3.79. The molecule has 1 saturated heterocycles. The molecule has 1 amide bonds. The lowest BCUT2D eigenvalue weighted by molar-refractivity contribution is -0.129. The van der Waals surface area contributed by atoms with Crippen molar-refractivity contribution in [3.8, 4) is 23.0 Å². The molecule has 1 aliphatic heterocycles. The molecule has 1 heterocycles. The first kappa shape index (κ1) is 20.9. The van der Waals surface area contributed by atoms with Gasteiger partial charge in [-0.1, -0.05) is 23.9 Å². The Kier molecular flexibility index (Phi) is 7.24. The van der Waals surface area contributed by atoms with Gasteiger partial charge in [-0.3, -0.25) is 9.69 Å². The van der Waals surface area contributed by atoms with Crippen LogP contribution in [0.3, 0.4) is 0 Å². The maximum Gasteiger partial charge on any atom is 0.266 e. The zero-order chi connectivity index (χ0) is 20.6. The summed E-state index contributed by atoms with van der Waals surface area (Å²) in [7, 11) is 4.75. The lowest BCUT2D eigenvalue weighted by Crippen LogP contribution is -2.41. The minimum absolute atomic E-state index is 0.102. The van der Waals surface area contributed by atoms with E-state index in [1.165, 1.54) is 11.8 Å². The molecule has 0 N–H and O–H groups in total. The SMILES string of the molecule is COc1ccc(OC)c(N=C2SCCCN2C(=O)COc2ccccc2OC)c1. The van der Waals surface area contributed by atoms with Crippen LogP contribution in [-0.2, 0) is 4.79 Å². The van der Waals surface area contributed by atoms with Crippen molar-refractivity contribution in [1.29, 1.82) is 0 Å². The molecular formula is C21H24N2O5S. The quantitative estimate of drug-likeness (QED) is 0.685. The molecule has 8 heteroatoms. The highest BCUT2D eigenvalue weighted by Crippen LogP contribution is 2.34. The van der Waals surface area contributed by atoms with Crippen LogP contribution in [0.25, 0.3) is 0 Å². The second-order valence-electron chi connectivity index (χ2n) is 6.12. The molecule has 0 spiro atoms. The van der Waals surface area contributed by atoms with Crippen LogP contribution in [0.5, 0.6) is 23.0 Å². The van der Waals surface area contributed by atoms with Crippen LogP contribution in [0.15, 0.2) is 47.5 Å². The maximum atomic E-state index is 12.9. The third-order valence-corrected chi connectivity index (χ3v) is 5.37. The number of amides is 1. The molecule has 7 nitrogen and oxygen atoms in total. The molecule has 0 radical (unpaired) electrons. The summed E-state index contributed by atoms with van der Waals surface area (Å²) < 4.78 is 21.6. The first-order valence-corrected chi connectivity index (χ1v) is 10.1. The van der Waals surface area contributed by atoms with Crippen molar-refractivity contribution in [2.45, 2.75) is 6.42 Å². The van der Waals surface area contributed by atoms with E-state index < -0.39 is 0 Å². The zero-order valence-electron chi connectivity index (χ0n) is 16.7. The molecule has 0 aliphatic carbocycles. The average Bonchev–Trinajstić information content (AvgIpc) is 2.77. The van der Waals surface area contributed by atoms with E-state index in [1.54, 1.807) is 56.6 Å². The summed E-state index contributed by atoms with van der Waals surface area (Å²) in [5.74, 6) is 3.13. The van der Waals surface area contributed by atoms with Crippen molar-refractivity contribution < 1.29 is 23.7 Å². The Labute approximate surface area is 174 Å². The van der Waals surface area contributed by atoms with Crippen LogP contribution in [0.1, 0.15) is 6.42 Å². The summed E-state index contributed by atoms with van der Waals surface area (Å²) >= 11 is 1.53. The fraction of sp³-hybridized carbons (Fsp3) is 0.333. The number of carbonyl (C=O) groups is 1. The van der Waals surface area contributed by atoms with E-state index in [1.807, 2.05) is 12.1 Å². The minimum atomic E-state index is -0.163. The van der Waals surface area contributed by atoms with E-state index in [4.69, 9.17) is 18.9 Å². The van der Waals surface area contributed by atoms with E-state index in [-0.39, 0.29) is 12.5 Å². The second-order valence-corrected chi connectivity index (χ2v) is 7.18. The standard InChI is InChI=1S/C21H24N2O5S/c1-25-15-9-10-17(26-2)16(13-15)22-21-23(11-6-12-29-21)20(24)14-28-19-8-5-4-7-18(19)27-3/h4-5,7-10,13H,6,11-12,14H2,1-3H3. The van der Waals surface area contributed by atoms with Crippen molar-refractivity contribution in [2.75, 3.05) is 40.2 Å². The van der Waals surface area contributed by atoms with E-state index in [9.17, 15) is 4.79 Å². The van der Waals surface area contributed by atoms with Gasteiger partial charge in [-0.25, -0.2) is 4.99 Å². The number of benzene rings is 2. The molecule has 0 saturated carbocycles. The summed E-state index contributed by atoms with van der Waals surface area (Å²) in [5, 5.41) is 0.622. The van der Waals surface area contributed by atoms with Crippen LogP contribution in [0.4, 0.5) is 5.69 Å². The number of hydrogen-bond acceptors (Lipinski definition) is 7. The summed E-state index contributed by atoms with van der Waals surface area (Å²) in [6.07, 6.45) is 0.888. The number of methoxy groups -OCH3 is 3. The largest absolute Gasteiger partial charge is 0.497 e. The molecule has 1 fully saturated rings. The number of rotatable bonds is 7. The number of aliphatic imine (C=N–C) groups is 1. The molecule has 0 bridgehead atoms. The van der Waals surface area contributed by atoms with E-state index in [0.29, 0.717) is 40.4 Å². The van der Waals surface area contributed by atoms with Gasteiger partial charge in [0.25, 0.3) is 5.91 Å². The van der Waals surface area contributed by atoms with Gasteiger partial charge in [0, 0.05) is 18.4 Å². The molecule has 154 valence electrons. The molecule has 0 atom stereocenters. The van der Waals surface area contributed by atoms with E-state index in [2.05, 4.69) is 4.99 Å². The molecular weight excluding hydrogens is 392 g/mol. The Bertz CT molecular complexity index is 887. The van der Waals surface area contributed by atoms with Gasteiger partial charge in [-0.15, -0.1) is 0 Å². The number of thioether (sulfide) groups is 1. The van der Waals surface area contributed by atoms with E-state index in [0.717, 1.165) is 12.2 Å². The van der Waals surface area contributed by atoms with Gasteiger partial charge >= 0.3 is 0 Å².